The number of aryl methyl sites for hydroxylation is 2. The van der Waals surface area contributed by atoms with Crippen LogP contribution >= 0.6 is 0 Å². The van der Waals surface area contributed by atoms with E-state index >= 15 is 0 Å². The molecular weight excluding hydrogens is 605 g/mol. The highest BCUT2D eigenvalue weighted by molar-refractivity contribution is 5.77. The van der Waals surface area contributed by atoms with Gasteiger partial charge in [0.15, 0.2) is 12.4 Å². The lowest BCUT2D eigenvalue weighted by Crippen LogP contribution is -2.30. The molecule has 0 radical (unpaired) electrons. The van der Waals surface area contributed by atoms with Crippen LogP contribution in [-0.2, 0) is 14.1 Å². The minimum Gasteiger partial charge on any atom is -0.241 e. The molecule has 6 aromatic carbocycles. The van der Waals surface area contributed by atoms with Crippen LogP contribution in [0.2, 0.25) is 0 Å². The lowest BCUT2D eigenvalue weighted by Gasteiger charge is -2.13. The van der Waals surface area contributed by atoms with E-state index in [1.54, 1.807) is 0 Å². The molecule has 0 atom stereocenters. The Morgan fingerprint density at radius 1 is 0.280 bits per heavy atom. The lowest BCUT2D eigenvalue weighted by molar-refractivity contribution is -0.660. The quantitative estimate of drug-likeness (QED) is 0.115. The van der Waals surface area contributed by atoms with E-state index in [9.17, 15) is 0 Å². The summed E-state index contributed by atoms with van der Waals surface area (Å²) in [6.45, 7) is 0. The fourth-order valence-electron chi connectivity index (χ4n) is 7.15. The van der Waals surface area contributed by atoms with E-state index < -0.39 is 0 Å². The Hall–Kier alpha value is -6.38. The van der Waals surface area contributed by atoms with Gasteiger partial charge in [-0.1, -0.05) is 132 Å². The van der Waals surface area contributed by atoms with Gasteiger partial charge in [-0.2, -0.15) is 0 Å². The zero-order valence-corrected chi connectivity index (χ0v) is 28.1. The first-order valence-electron chi connectivity index (χ1n) is 17.1. The Morgan fingerprint density at radius 2 is 0.560 bits per heavy atom. The molecule has 0 spiro atoms. The molecule has 30 rings (SSSR count). The predicted molar refractivity (Wildman–Crippen MR) is 205 cm³/mol. The monoisotopic (exact) mass is 639 g/mol. The molecule has 14 heterocycles. The lowest BCUT2D eigenvalue weighted by atomic mass is 9.96. The second-order valence-corrected chi connectivity index (χ2v) is 13.2. The second-order valence-electron chi connectivity index (χ2n) is 13.2. The fraction of sp³-hybridized carbons (Fsp3) is 0.0417. The molecule has 0 amide bonds. The molecule has 22 aliphatic rings. The molecule has 2 nitrogen and oxygen atoms in total. The number of nitrogens with zero attached hydrogens (tertiary/aromatic N) is 2. The van der Waals surface area contributed by atoms with Gasteiger partial charge in [0.2, 0.25) is 5.69 Å². The van der Waals surface area contributed by atoms with Crippen molar-refractivity contribution in [3.8, 4) is 89.3 Å². The van der Waals surface area contributed by atoms with Crippen LogP contribution in [0.4, 0.5) is 0 Å². The normalized spacial score (nSPS) is 11.4. The van der Waals surface area contributed by atoms with Gasteiger partial charge in [-0.25, -0.2) is 9.13 Å². The van der Waals surface area contributed by atoms with Crippen molar-refractivity contribution in [3.63, 3.8) is 0 Å². The van der Waals surface area contributed by atoms with Crippen molar-refractivity contribution in [3.05, 3.63) is 182 Å². The van der Waals surface area contributed by atoms with E-state index in [2.05, 4.69) is 205 Å². The maximum Gasteiger partial charge on any atom is 0.212 e. The summed E-state index contributed by atoms with van der Waals surface area (Å²) in [5.74, 6) is 0. The largest absolute Gasteiger partial charge is 0.241 e. The summed E-state index contributed by atoms with van der Waals surface area (Å²) in [5, 5.41) is 0. The molecule has 50 heavy (non-hydrogen) atoms. The molecule has 2 aromatic heterocycles. The van der Waals surface area contributed by atoms with Crippen molar-refractivity contribution in [1.29, 1.82) is 0 Å². The average molecular weight is 640 g/mol. The van der Waals surface area contributed by atoms with Crippen molar-refractivity contribution >= 4 is 0 Å². The zero-order valence-electron chi connectivity index (χ0n) is 28.1. The zero-order chi connectivity index (χ0) is 33.6. The van der Waals surface area contributed by atoms with E-state index in [4.69, 9.17) is 0 Å². The first kappa shape index (κ1) is 29.7. The highest BCUT2D eigenvalue weighted by atomic mass is 14.9. The summed E-state index contributed by atoms with van der Waals surface area (Å²) in [7, 11) is 4.23. The Balaban J connectivity index is 1.11. The first-order valence-corrected chi connectivity index (χ1v) is 17.1. The number of hydrogen-bond acceptors (Lipinski definition) is 0. The minimum absolute atomic E-state index is 1.07. The van der Waals surface area contributed by atoms with Crippen molar-refractivity contribution in [1.82, 2.24) is 0 Å². The fourth-order valence-corrected chi connectivity index (χ4v) is 7.15. The molecule has 0 unspecified atom stereocenters. The maximum atomic E-state index is 3.54. The van der Waals surface area contributed by atoms with Crippen molar-refractivity contribution in [2.24, 2.45) is 14.1 Å². The van der Waals surface area contributed by atoms with Crippen LogP contribution in [0.25, 0.3) is 89.3 Å². The third-order valence-electron chi connectivity index (χ3n) is 10.1. The van der Waals surface area contributed by atoms with Gasteiger partial charge in [0, 0.05) is 22.8 Å². The smallest absolute Gasteiger partial charge is 0.212 e. The van der Waals surface area contributed by atoms with Crippen LogP contribution in [0.3, 0.4) is 0 Å². The summed E-state index contributed by atoms with van der Waals surface area (Å²) >= 11 is 0. The summed E-state index contributed by atoms with van der Waals surface area (Å²) < 4.78 is 4.41. The number of rotatable bonds is 0. The van der Waals surface area contributed by atoms with Gasteiger partial charge in [0.1, 0.15) is 19.8 Å². The van der Waals surface area contributed by atoms with E-state index in [0.717, 1.165) is 16.8 Å². The molecule has 16 bridgehead atoms. The minimum atomic E-state index is 1.07. The van der Waals surface area contributed by atoms with Gasteiger partial charge in [0.25, 0.3) is 0 Å². The van der Waals surface area contributed by atoms with Gasteiger partial charge >= 0.3 is 0 Å². The number of aromatic nitrogens is 2. The Kier molecular flexibility index (Phi) is 7.29. The average Bonchev–Trinajstić information content (AvgIpc) is 3.18. The van der Waals surface area contributed by atoms with E-state index in [1.807, 2.05) is 0 Å². The van der Waals surface area contributed by atoms with Crippen LogP contribution < -0.4 is 9.13 Å². The molecule has 10 aliphatic carbocycles. The van der Waals surface area contributed by atoms with Gasteiger partial charge in [-0.3, -0.25) is 0 Å². The summed E-state index contributed by atoms with van der Waals surface area (Å²) in [6.07, 6.45) is 4.42. The summed E-state index contributed by atoms with van der Waals surface area (Å²) in [6, 6.07) is 63.2. The highest BCUT2D eigenvalue weighted by Crippen LogP contribution is 2.31. The molecular formula is C48H35N2+. The second kappa shape index (κ2) is 12.3. The van der Waals surface area contributed by atoms with Gasteiger partial charge in [0.05, 0.1) is 0 Å². The van der Waals surface area contributed by atoms with Crippen LogP contribution in [0.5, 0.6) is 0 Å². The van der Waals surface area contributed by atoms with Crippen LogP contribution in [0.1, 0.15) is 0 Å². The van der Waals surface area contributed by atoms with Crippen molar-refractivity contribution in [2.45, 2.75) is 0 Å². The van der Waals surface area contributed by atoms with Gasteiger partial charge in [-0.05, 0) is 68.8 Å². The first-order chi connectivity index (χ1) is 24.6. The Labute approximate surface area is 293 Å². The third kappa shape index (κ3) is 5.51. The van der Waals surface area contributed by atoms with Gasteiger partial charge < -0.3 is 0 Å². The molecule has 0 saturated carbocycles. The van der Waals surface area contributed by atoms with Crippen LogP contribution in [-0.4, -0.2) is 0 Å². The van der Waals surface area contributed by atoms with Crippen molar-refractivity contribution in [2.75, 3.05) is 0 Å². The van der Waals surface area contributed by atoms with Crippen LogP contribution in [0, 0.1) is 6.07 Å². The topological polar surface area (TPSA) is 7.76 Å². The summed E-state index contributed by atoms with van der Waals surface area (Å²) in [4.78, 5) is 0. The molecule has 8 aromatic rings. The molecule has 0 N–H and O–H groups in total. The summed E-state index contributed by atoms with van der Waals surface area (Å²) in [5.41, 5.74) is 18.9. The maximum absolute atomic E-state index is 3.54. The Morgan fingerprint density at radius 3 is 0.900 bits per heavy atom. The third-order valence-corrected chi connectivity index (χ3v) is 10.1. The standard InChI is InChI=1S/C48H35N2/c1-49-31-45-27-29-47(49)43-23-19-39(20-24-43)35-7-3-34(4-8-35)38-13-17-42(18-14-38)46-28-30-48(50(2)32-46)44-25-21-40(22-26-44)36-9-5-33(6-10-36)37-11-15-41(45)16-12-37/h3-25,27-32H,1-2H3/q+1. The highest BCUT2D eigenvalue weighted by Gasteiger charge is 2.13. The van der Waals surface area contributed by atoms with Crippen LogP contribution in [0.15, 0.2) is 176 Å². The molecule has 0 fully saturated rings. The van der Waals surface area contributed by atoms with Crippen molar-refractivity contribution < 1.29 is 9.13 Å². The number of pyridine rings is 2. The van der Waals surface area contributed by atoms with E-state index in [0.29, 0.717) is 0 Å². The number of benzene rings is 6. The molecule has 2 heteroatoms. The SMILES string of the molecule is C[n+]1cc2ccc1-c1[c-]cc(cc1)-c1ccc(cc1)-c1ccc(cc1)-c1ccc([n+](C)c1)-c1ccc(cc1)-c1ccc(cc1)-c1ccc-2cc1. The molecule has 0 saturated heterocycles. The Bertz CT molecular complexity index is 2290. The van der Waals surface area contributed by atoms with E-state index in [1.165, 1.54) is 72.5 Å². The number of hydrogen-bond donors (Lipinski definition) is 0. The van der Waals surface area contributed by atoms with Gasteiger partial charge in [-0.15, -0.1) is 24.3 Å². The molecule has 236 valence electrons. The van der Waals surface area contributed by atoms with E-state index in [-0.39, 0.29) is 0 Å². The molecule has 12 aliphatic heterocycles. The predicted octanol–water partition coefficient (Wildman–Crippen LogP) is 10.8.